The Kier molecular flexibility index (Phi) is 7.12. The number of nitrogens with zero attached hydrogens (tertiary/aromatic N) is 2. The van der Waals surface area contributed by atoms with Crippen LogP contribution in [0.5, 0.6) is 0 Å². The molecule has 2 rings (SSSR count). The summed E-state index contributed by atoms with van der Waals surface area (Å²) in [6, 6.07) is 0. The summed E-state index contributed by atoms with van der Waals surface area (Å²) >= 11 is 0. The average molecular weight is 312 g/mol. The van der Waals surface area contributed by atoms with E-state index in [0.29, 0.717) is 32.1 Å². The van der Waals surface area contributed by atoms with E-state index in [2.05, 4.69) is 4.90 Å². The molecule has 0 spiro atoms. The summed E-state index contributed by atoms with van der Waals surface area (Å²) < 4.78 is 10.2. The van der Waals surface area contributed by atoms with E-state index >= 15 is 0 Å². The predicted molar refractivity (Wildman–Crippen MR) is 82.4 cm³/mol. The normalized spacial score (nSPS) is 20.9. The molecule has 2 aliphatic heterocycles. The van der Waals surface area contributed by atoms with Crippen LogP contribution in [0.1, 0.15) is 32.6 Å². The van der Waals surface area contributed by atoms with Crippen molar-refractivity contribution in [1.29, 1.82) is 0 Å². The number of carbonyl (C=O) groups is 2. The second-order valence-electron chi connectivity index (χ2n) is 5.96. The first-order valence-corrected chi connectivity index (χ1v) is 8.45. The van der Waals surface area contributed by atoms with Crippen LogP contribution in [0.25, 0.3) is 0 Å². The number of hydrogen-bond donors (Lipinski definition) is 0. The van der Waals surface area contributed by atoms with Gasteiger partial charge in [0.1, 0.15) is 0 Å². The molecule has 2 aliphatic rings. The van der Waals surface area contributed by atoms with Gasteiger partial charge in [-0.3, -0.25) is 9.59 Å². The molecule has 0 bridgehead atoms. The quantitative estimate of drug-likeness (QED) is 0.682. The van der Waals surface area contributed by atoms with Crippen LogP contribution in [0.4, 0.5) is 0 Å². The van der Waals surface area contributed by atoms with Gasteiger partial charge in [-0.15, -0.1) is 0 Å². The van der Waals surface area contributed by atoms with E-state index in [1.807, 2.05) is 11.8 Å². The van der Waals surface area contributed by atoms with Crippen molar-refractivity contribution in [3.8, 4) is 0 Å². The number of morpholine rings is 1. The summed E-state index contributed by atoms with van der Waals surface area (Å²) in [6.45, 7) is 7.89. The maximum Gasteiger partial charge on any atom is 0.305 e. The van der Waals surface area contributed by atoms with Crippen LogP contribution in [0.15, 0.2) is 0 Å². The molecule has 0 atom stereocenters. The van der Waals surface area contributed by atoms with Crippen LogP contribution >= 0.6 is 0 Å². The van der Waals surface area contributed by atoms with Crippen molar-refractivity contribution in [3.63, 3.8) is 0 Å². The summed E-state index contributed by atoms with van der Waals surface area (Å²) in [5.74, 6) is 0.355. The largest absolute Gasteiger partial charge is 0.466 e. The molecule has 22 heavy (non-hydrogen) atoms. The molecule has 1 amide bonds. The lowest BCUT2D eigenvalue weighted by Crippen LogP contribution is -2.46. The highest BCUT2D eigenvalue weighted by molar-refractivity contribution is 5.79. The Bertz CT molecular complexity index is 361. The maximum absolute atomic E-state index is 12.4. The fourth-order valence-corrected chi connectivity index (χ4v) is 3.13. The Morgan fingerprint density at radius 1 is 1.14 bits per heavy atom. The van der Waals surface area contributed by atoms with E-state index in [4.69, 9.17) is 9.47 Å². The third-order valence-corrected chi connectivity index (χ3v) is 4.42. The molecule has 2 heterocycles. The zero-order valence-corrected chi connectivity index (χ0v) is 13.6. The fraction of sp³-hybridized carbons (Fsp3) is 0.875. The molecule has 0 aromatic rings. The third-order valence-electron chi connectivity index (χ3n) is 4.42. The topological polar surface area (TPSA) is 59.1 Å². The lowest BCUT2D eigenvalue weighted by atomic mass is 9.95. The summed E-state index contributed by atoms with van der Waals surface area (Å²) in [7, 11) is 0. The van der Waals surface area contributed by atoms with E-state index < -0.39 is 0 Å². The Morgan fingerprint density at radius 3 is 2.45 bits per heavy atom. The zero-order valence-electron chi connectivity index (χ0n) is 13.6. The second kappa shape index (κ2) is 9.10. The van der Waals surface area contributed by atoms with E-state index in [1.165, 1.54) is 0 Å². The molecule has 126 valence electrons. The lowest BCUT2D eigenvalue weighted by molar-refractivity contribution is -0.143. The number of likely N-dealkylation sites (tertiary alicyclic amines) is 1. The molecular weight excluding hydrogens is 284 g/mol. The minimum Gasteiger partial charge on any atom is -0.466 e. The molecule has 6 nitrogen and oxygen atoms in total. The van der Waals surface area contributed by atoms with Crippen molar-refractivity contribution in [3.05, 3.63) is 0 Å². The maximum atomic E-state index is 12.4. The van der Waals surface area contributed by atoms with Crippen LogP contribution in [0.3, 0.4) is 0 Å². The van der Waals surface area contributed by atoms with E-state index in [1.54, 1.807) is 0 Å². The van der Waals surface area contributed by atoms with Gasteiger partial charge >= 0.3 is 5.97 Å². The summed E-state index contributed by atoms with van der Waals surface area (Å²) in [5, 5.41) is 0. The van der Waals surface area contributed by atoms with Gasteiger partial charge in [-0.2, -0.15) is 0 Å². The number of carbonyl (C=O) groups excluding carboxylic acids is 2. The van der Waals surface area contributed by atoms with Gasteiger partial charge < -0.3 is 19.3 Å². The molecule has 2 saturated heterocycles. The number of piperidine rings is 1. The monoisotopic (exact) mass is 312 g/mol. The molecule has 6 heteroatoms. The summed E-state index contributed by atoms with van der Waals surface area (Å²) in [4.78, 5) is 28.0. The number of esters is 1. The van der Waals surface area contributed by atoms with Crippen molar-refractivity contribution >= 4 is 11.9 Å². The summed E-state index contributed by atoms with van der Waals surface area (Å²) in [5.41, 5.74) is 0. The van der Waals surface area contributed by atoms with Gasteiger partial charge in [-0.25, -0.2) is 0 Å². The molecule has 0 radical (unpaired) electrons. The Labute approximate surface area is 132 Å². The van der Waals surface area contributed by atoms with E-state index in [-0.39, 0.29) is 11.9 Å². The van der Waals surface area contributed by atoms with Crippen LogP contribution in [-0.4, -0.2) is 74.2 Å². The lowest BCUT2D eigenvalue weighted by Gasteiger charge is -2.35. The number of amides is 1. The number of hydrogen-bond acceptors (Lipinski definition) is 5. The number of rotatable bonds is 6. The first-order chi connectivity index (χ1) is 10.7. The van der Waals surface area contributed by atoms with Gasteiger partial charge in [0.25, 0.3) is 0 Å². The highest BCUT2D eigenvalue weighted by Crippen LogP contribution is 2.20. The van der Waals surface area contributed by atoms with E-state index in [0.717, 1.165) is 52.0 Å². The SMILES string of the molecule is CCOC(=O)CCCN1CCC(C(=O)N2CCOCC2)CC1. The van der Waals surface area contributed by atoms with Crippen molar-refractivity contribution < 1.29 is 19.1 Å². The zero-order chi connectivity index (χ0) is 15.8. The Morgan fingerprint density at radius 2 is 1.82 bits per heavy atom. The van der Waals surface area contributed by atoms with Gasteiger partial charge in [-0.1, -0.05) is 0 Å². The first-order valence-electron chi connectivity index (χ1n) is 8.45. The number of ether oxygens (including phenoxy) is 2. The van der Waals surface area contributed by atoms with Gasteiger partial charge in [0.15, 0.2) is 0 Å². The average Bonchev–Trinajstić information content (AvgIpc) is 2.56. The van der Waals surface area contributed by atoms with Crippen molar-refractivity contribution in [2.24, 2.45) is 5.92 Å². The van der Waals surface area contributed by atoms with Gasteiger partial charge in [0.05, 0.1) is 19.8 Å². The van der Waals surface area contributed by atoms with Crippen LogP contribution in [0, 0.1) is 5.92 Å². The minimum absolute atomic E-state index is 0.111. The smallest absolute Gasteiger partial charge is 0.305 e. The van der Waals surface area contributed by atoms with Crippen molar-refractivity contribution in [2.45, 2.75) is 32.6 Å². The fourth-order valence-electron chi connectivity index (χ4n) is 3.13. The van der Waals surface area contributed by atoms with Gasteiger partial charge in [0.2, 0.25) is 5.91 Å². The predicted octanol–water partition coefficient (Wildman–Crippen LogP) is 0.901. The first kappa shape index (κ1) is 17.2. The van der Waals surface area contributed by atoms with Gasteiger partial charge in [0, 0.05) is 25.4 Å². The van der Waals surface area contributed by atoms with Crippen molar-refractivity contribution in [2.75, 3.05) is 52.5 Å². The third kappa shape index (κ3) is 5.25. The molecule has 0 aromatic carbocycles. The Hall–Kier alpha value is -1.14. The van der Waals surface area contributed by atoms with Crippen molar-refractivity contribution in [1.82, 2.24) is 9.80 Å². The summed E-state index contributed by atoms with van der Waals surface area (Å²) in [6.07, 6.45) is 3.17. The molecule has 2 fully saturated rings. The standard InChI is InChI=1S/C16H28N2O4/c1-2-22-15(19)4-3-7-17-8-5-14(6-9-17)16(20)18-10-12-21-13-11-18/h14H,2-13H2,1H3. The molecule has 0 aliphatic carbocycles. The highest BCUT2D eigenvalue weighted by Gasteiger charge is 2.29. The van der Waals surface area contributed by atoms with Gasteiger partial charge in [-0.05, 0) is 45.8 Å². The van der Waals surface area contributed by atoms with Crippen LogP contribution < -0.4 is 0 Å². The van der Waals surface area contributed by atoms with Crippen LogP contribution in [0.2, 0.25) is 0 Å². The van der Waals surface area contributed by atoms with E-state index in [9.17, 15) is 9.59 Å². The molecule has 0 saturated carbocycles. The Balaban J connectivity index is 1.62. The second-order valence-corrected chi connectivity index (χ2v) is 5.96. The molecule has 0 unspecified atom stereocenters. The molecular formula is C16H28N2O4. The highest BCUT2D eigenvalue weighted by atomic mass is 16.5. The minimum atomic E-state index is -0.111. The molecule has 0 N–H and O–H groups in total. The molecule has 0 aromatic heterocycles. The van der Waals surface area contributed by atoms with Crippen LogP contribution in [-0.2, 0) is 19.1 Å².